The number of halogens is 1. The van der Waals surface area contributed by atoms with Crippen molar-refractivity contribution in [2.24, 2.45) is 0 Å². The lowest BCUT2D eigenvalue weighted by Crippen LogP contribution is -2.31. The van der Waals surface area contributed by atoms with Crippen LogP contribution in [0.2, 0.25) is 5.02 Å². The molecule has 2 heterocycles. The van der Waals surface area contributed by atoms with Crippen LogP contribution in [0.15, 0.2) is 51.7 Å². The monoisotopic (exact) mass is 427 g/mol. The predicted octanol–water partition coefficient (Wildman–Crippen LogP) is 4.16. The zero-order valence-electron chi connectivity index (χ0n) is 16.6. The minimum atomic E-state index is -0.598. The third-order valence-corrected chi connectivity index (χ3v) is 5.39. The zero-order chi connectivity index (χ0) is 21.3. The SMILES string of the molecule is CCCOc1ccc(C2c3c(oc4ccc(Cl)cc4c3=O)C(=O)N2CCCO)cc1. The molecular formula is C23H22ClNO5. The van der Waals surface area contributed by atoms with Crippen LogP contribution in [-0.4, -0.2) is 35.7 Å². The quantitative estimate of drug-likeness (QED) is 0.612. The molecule has 1 unspecified atom stereocenters. The number of carbonyl (C=O) groups is 1. The number of aliphatic hydroxyl groups is 1. The van der Waals surface area contributed by atoms with Crippen molar-refractivity contribution < 1.29 is 19.1 Å². The van der Waals surface area contributed by atoms with E-state index in [4.69, 9.17) is 20.8 Å². The van der Waals surface area contributed by atoms with Crippen LogP contribution in [0.5, 0.6) is 5.75 Å². The molecule has 1 amide bonds. The maximum Gasteiger partial charge on any atom is 0.290 e. The van der Waals surface area contributed by atoms with Crippen molar-refractivity contribution in [2.45, 2.75) is 25.8 Å². The summed E-state index contributed by atoms with van der Waals surface area (Å²) in [5, 5.41) is 10.1. The van der Waals surface area contributed by atoms with E-state index >= 15 is 0 Å². The first-order valence-electron chi connectivity index (χ1n) is 9.96. The molecule has 156 valence electrons. The Morgan fingerprint density at radius 1 is 1.17 bits per heavy atom. The Kier molecular flexibility index (Phi) is 5.79. The number of rotatable bonds is 7. The van der Waals surface area contributed by atoms with Gasteiger partial charge in [0.25, 0.3) is 5.91 Å². The largest absolute Gasteiger partial charge is 0.494 e. The van der Waals surface area contributed by atoms with Crippen LogP contribution in [0.3, 0.4) is 0 Å². The summed E-state index contributed by atoms with van der Waals surface area (Å²) in [5.74, 6) is 0.414. The molecule has 4 rings (SSSR count). The molecule has 30 heavy (non-hydrogen) atoms. The number of hydrogen-bond acceptors (Lipinski definition) is 5. The van der Waals surface area contributed by atoms with Crippen LogP contribution in [0, 0.1) is 0 Å². The average Bonchev–Trinajstić information content (AvgIpc) is 3.03. The molecule has 0 saturated heterocycles. The summed E-state index contributed by atoms with van der Waals surface area (Å²) in [6.45, 7) is 2.89. The van der Waals surface area contributed by atoms with Crippen LogP contribution >= 0.6 is 11.6 Å². The Bertz CT molecular complexity index is 1140. The molecule has 1 atom stereocenters. The summed E-state index contributed by atoms with van der Waals surface area (Å²) in [4.78, 5) is 28.1. The summed E-state index contributed by atoms with van der Waals surface area (Å²) < 4.78 is 11.5. The lowest BCUT2D eigenvalue weighted by Gasteiger charge is -2.25. The third-order valence-electron chi connectivity index (χ3n) is 5.15. The molecule has 0 fully saturated rings. The third kappa shape index (κ3) is 3.57. The normalized spacial score (nSPS) is 15.6. The van der Waals surface area contributed by atoms with Crippen LogP contribution in [0.4, 0.5) is 0 Å². The molecular weight excluding hydrogens is 406 g/mol. The smallest absolute Gasteiger partial charge is 0.290 e. The first-order chi connectivity index (χ1) is 14.5. The molecule has 6 nitrogen and oxygen atoms in total. The summed E-state index contributed by atoms with van der Waals surface area (Å²) in [7, 11) is 0. The minimum absolute atomic E-state index is 0.0454. The minimum Gasteiger partial charge on any atom is -0.494 e. The van der Waals surface area contributed by atoms with Gasteiger partial charge in [-0.2, -0.15) is 0 Å². The fraction of sp³-hybridized carbons (Fsp3) is 0.304. The highest BCUT2D eigenvalue weighted by Crippen LogP contribution is 2.38. The maximum atomic E-state index is 13.4. The number of fused-ring (bicyclic) bond motifs is 2. The number of benzene rings is 2. The fourth-order valence-electron chi connectivity index (χ4n) is 3.78. The Balaban J connectivity index is 1.85. The topological polar surface area (TPSA) is 80.0 Å². The van der Waals surface area contributed by atoms with Gasteiger partial charge in [-0.1, -0.05) is 30.7 Å². The molecule has 1 aromatic heterocycles. The maximum absolute atomic E-state index is 13.4. The van der Waals surface area contributed by atoms with Crippen LogP contribution < -0.4 is 10.2 Å². The Morgan fingerprint density at radius 2 is 1.93 bits per heavy atom. The molecule has 0 bridgehead atoms. The molecule has 0 spiro atoms. The second-order valence-corrected chi connectivity index (χ2v) is 7.65. The van der Waals surface area contributed by atoms with Gasteiger partial charge in [-0.25, -0.2) is 0 Å². The Morgan fingerprint density at radius 3 is 2.63 bits per heavy atom. The van der Waals surface area contributed by atoms with E-state index in [1.807, 2.05) is 31.2 Å². The van der Waals surface area contributed by atoms with Gasteiger partial charge < -0.3 is 19.2 Å². The van der Waals surface area contributed by atoms with Crippen molar-refractivity contribution in [3.05, 3.63) is 74.6 Å². The molecule has 0 radical (unpaired) electrons. The van der Waals surface area contributed by atoms with Crippen molar-refractivity contribution >= 4 is 28.5 Å². The molecule has 0 saturated carbocycles. The van der Waals surface area contributed by atoms with Gasteiger partial charge in [-0.05, 0) is 48.7 Å². The summed E-state index contributed by atoms with van der Waals surface area (Å²) in [5.41, 5.74) is 1.12. The number of amides is 1. The molecule has 1 aliphatic heterocycles. The van der Waals surface area contributed by atoms with Gasteiger partial charge in [-0.15, -0.1) is 0 Å². The predicted molar refractivity (Wildman–Crippen MR) is 114 cm³/mol. The van der Waals surface area contributed by atoms with Gasteiger partial charge in [0.2, 0.25) is 5.76 Å². The van der Waals surface area contributed by atoms with Crippen molar-refractivity contribution in [3.8, 4) is 5.75 Å². The van der Waals surface area contributed by atoms with Crippen LogP contribution in [0.25, 0.3) is 11.0 Å². The number of ether oxygens (including phenoxy) is 1. The van der Waals surface area contributed by atoms with Crippen molar-refractivity contribution in [1.82, 2.24) is 4.90 Å². The van der Waals surface area contributed by atoms with E-state index < -0.39 is 6.04 Å². The van der Waals surface area contributed by atoms with E-state index in [1.165, 1.54) is 0 Å². The van der Waals surface area contributed by atoms with E-state index in [0.717, 1.165) is 17.7 Å². The standard InChI is InChI=1S/C23H22ClNO5/c1-2-12-29-16-7-4-14(5-8-16)20-19-21(27)17-13-15(24)6-9-18(17)30-22(19)23(28)25(20)10-3-11-26/h4-9,13,20,26H,2-3,10-12H2,1H3. The van der Waals surface area contributed by atoms with Crippen molar-refractivity contribution in [1.29, 1.82) is 0 Å². The van der Waals surface area contributed by atoms with Crippen LogP contribution in [0.1, 0.15) is 47.5 Å². The van der Waals surface area contributed by atoms with Gasteiger partial charge in [0.15, 0.2) is 5.43 Å². The van der Waals surface area contributed by atoms with Gasteiger partial charge >= 0.3 is 0 Å². The first kappa shape index (κ1) is 20.4. The molecule has 0 aliphatic carbocycles. The number of aliphatic hydroxyl groups excluding tert-OH is 1. The second kappa shape index (κ2) is 8.50. The highest BCUT2D eigenvalue weighted by Gasteiger charge is 2.42. The molecule has 2 aromatic carbocycles. The second-order valence-electron chi connectivity index (χ2n) is 7.21. The number of nitrogens with zero attached hydrogens (tertiary/aromatic N) is 1. The van der Waals surface area contributed by atoms with E-state index in [1.54, 1.807) is 23.1 Å². The summed E-state index contributed by atoms with van der Waals surface area (Å²) in [6, 6.07) is 11.5. The van der Waals surface area contributed by atoms with Gasteiger partial charge in [0.05, 0.1) is 23.6 Å². The van der Waals surface area contributed by atoms with E-state index in [-0.39, 0.29) is 23.7 Å². The van der Waals surface area contributed by atoms with Crippen molar-refractivity contribution in [2.75, 3.05) is 19.8 Å². The number of hydrogen-bond donors (Lipinski definition) is 1. The molecule has 1 aliphatic rings. The fourth-order valence-corrected chi connectivity index (χ4v) is 3.95. The van der Waals surface area contributed by atoms with E-state index in [0.29, 0.717) is 41.1 Å². The summed E-state index contributed by atoms with van der Waals surface area (Å²) in [6.07, 6.45) is 1.30. The van der Waals surface area contributed by atoms with Gasteiger partial charge in [0, 0.05) is 18.2 Å². The summed E-state index contributed by atoms with van der Waals surface area (Å²) >= 11 is 6.08. The van der Waals surface area contributed by atoms with Gasteiger partial charge in [0.1, 0.15) is 11.3 Å². The highest BCUT2D eigenvalue weighted by molar-refractivity contribution is 6.31. The zero-order valence-corrected chi connectivity index (χ0v) is 17.3. The highest BCUT2D eigenvalue weighted by atomic mass is 35.5. The molecule has 3 aromatic rings. The lowest BCUT2D eigenvalue weighted by molar-refractivity contribution is 0.0716. The first-order valence-corrected chi connectivity index (χ1v) is 10.3. The van der Waals surface area contributed by atoms with Crippen LogP contribution in [-0.2, 0) is 0 Å². The molecule has 1 N–H and O–H groups in total. The van der Waals surface area contributed by atoms with Gasteiger partial charge in [-0.3, -0.25) is 9.59 Å². The molecule has 7 heteroatoms. The number of carbonyl (C=O) groups excluding carboxylic acids is 1. The lowest BCUT2D eigenvalue weighted by atomic mass is 9.98. The van der Waals surface area contributed by atoms with E-state index in [9.17, 15) is 14.7 Å². The Hall–Kier alpha value is -2.83. The average molecular weight is 428 g/mol. The van der Waals surface area contributed by atoms with E-state index in [2.05, 4.69) is 0 Å². The van der Waals surface area contributed by atoms with Crippen molar-refractivity contribution in [3.63, 3.8) is 0 Å². The Labute approximate surface area is 178 Å².